The molecule has 2 heteroatoms. The molecule has 0 aliphatic heterocycles. The van der Waals surface area contributed by atoms with Crippen LogP contribution in [-0.4, -0.2) is 4.57 Å². The van der Waals surface area contributed by atoms with Crippen LogP contribution in [0.4, 0.5) is 0 Å². The largest absolute Gasteiger partial charge is 0.309 e. The van der Waals surface area contributed by atoms with Crippen molar-refractivity contribution >= 4 is 53.3 Å². The number of thiophene rings is 1. The van der Waals surface area contributed by atoms with Gasteiger partial charge >= 0.3 is 0 Å². The Morgan fingerprint density at radius 3 is 1.47 bits per heavy atom. The van der Waals surface area contributed by atoms with Gasteiger partial charge < -0.3 is 4.57 Å². The van der Waals surface area contributed by atoms with Crippen LogP contribution in [0.5, 0.6) is 0 Å². The van der Waals surface area contributed by atoms with Gasteiger partial charge in [-0.15, -0.1) is 11.3 Å². The molecular formula is C60H39NS. The van der Waals surface area contributed by atoms with Crippen molar-refractivity contribution in [2.45, 2.75) is 0 Å². The van der Waals surface area contributed by atoms with Crippen LogP contribution >= 0.6 is 11.3 Å². The molecule has 62 heavy (non-hydrogen) atoms. The molecule has 2 aromatic heterocycles. The van der Waals surface area contributed by atoms with E-state index in [0.717, 1.165) is 5.69 Å². The van der Waals surface area contributed by atoms with E-state index in [1.807, 2.05) is 11.3 Å². The zero-order chi connectivity index (χ0) is 41.0. The van der Waals surface area contributed by atoms with Crippen LogP contribution in [0, 0.1) is 0 Å². The van der Waals surface area contributed by atoms with Crippen molar-refractivity contribution in [2.24, 2.45) is 0 Å². The van der Waals surface area contributed by atoms with Gasteiger partial charge in [-0.2, -0.15) is 0 Å². The lowest BCUT2D eigenvalue weighted by Gasteiger charge is -2.14. The van der Waals surface area contributed by atoms with Gasteiger partial charge in [0.15, 0.2) is 0 Å². The van der Waals surface area contributed by atoms with Crippen LogP contribution < -0.4 is 0 Å². The molecule has 12 rings (SSSR count). The van der Waals surface area contributed by atoms with Gasteiger partial charge in [-0.3, -0.25) is 0 Å². The average molecular weight is 806 g/mol. The van der Waals surface area contributed by atoms with Gasteiger partial charge in [0.05, 0.1) is 11.0 Å². The fraction of sp³-hybridized carbons (Fsp3) is 0. The predicted molar refractivity (Wildman–Crippen MR) is 266 cm³/mol. The SMILES string of the molecule is c1ccc(-c2cccc(-c3cc(-c4ccc5c6cc(-c7ccccc7)ccc6n(-c6cccc(-c7ccccc7)c6)c5c4)cc(-c4cccc5c4sc4ccccc45)c3)c2)cc1. The van der Waals surface area contributed by atoms with E-state index in [-0.39, 0.29) is 0 Å². The Morgan fingerprint density at radius 1 is 0.258 bits per heavy atom. The Hall–Kier alpha value is -7.78. The van der Waals surface area contributed by atoms with E-state index < -0.39 is 0 Å². The predicted octanol–water partition coefficient (Wildman–Crippen LogP) is 17.2. The summed E-state index contributed by atoms with van der Waals surface area (Å²) in [5, 5.41) is 5.08. The zero-order valence-electron chi connectivity index (χ0n) is 33.9. The first-order valence-electron chi connectivity index (χ1n) is 21.2. The second kappa shape index (κ2) is 15.0. The van der Waals surface area contributed by atoms with Crippen molar-refractivity contribution in [3.05, 3.63) is 237 Å². The standard InChI is InChI=1S/C60H39NS/c1-4-15-40(16-5-1)43-21-12-22-44(33-43)48-34-49(36-50(35-48)52-26-14-27-55-54-25-10-11-28-59(54)62-60(52)55)47-29-31-53-56-38-46(42-19-8-3-9-20-42)30-32-57(56)61(58(53)39-47)51-24-13-23-45(37-51)41-17-6-2-7-18-41/h1-39H. The van der Waals surface area contributed by atoms with E-state index in [0.29, 0.717) is 0 Å². The first kappa shape index (κ1) is 36.1. The van der Waals surface area contributed by atoms with Gasteiger partial charge in [-0.05, 0) is 127 Å². The fourth-order valence-electron chi connectivity index (χ4n) is 9.34. The van der Waals surface area contributed by atoms with Gasteiger partial charge in [0.1, 0.15) is 0 Å². The number of aromatic nitrogens is 1. The van der Waals surface area contributed by atoms with Gasteiger partial charge in [0, 0.05) is 36.6 Å². The molecule has 0 aliphatic carbocycles. The second-order valence-corrected chi connectivity index (χ2v) is 17.2. The third-order valence-electron chi connectivity index (χ3n) is 12.4. The van der Waals surface area contributed by atoms with E-state index in [1.54, 1.807) is 0 Å². The van der Waals surface area contributed by atoms with Gasteiger partial charge in [0.25, 0.3) is 0 Å². The molecule has 2 heterocycles. The fourth-order valence-corrected chi connectivity index (χ4v) is 10.6. The summed E-state index contributed by atoms with van der Waals surface area (Å²) >= 11 is 1.89. The minimum absolute atomic E-state index is 1.14. The Kier molecular flexibility index (Phi) is 8.76. The minimum atomic E-state index is 1.14. The summed E-state index contributed by atoms with van der Waals surface area (Å²) in [6, 6.07) is 86.8. The third kappa shape index (κ3) is 6.32. The van der Waals surface area contributed by atoms with Crippen molar-refractivity contribution < 1.29 is 0 Å². The van der Waals surface area contributed by atoms with Crippen molar-refractivity contribution in [1.29, 1.82) is 0 Å². The first-order valence-corrected chi connectivity index (χ1v) is 22.0. The van der Waals surface area contributed by atoms with Gasteiger partial charge in [-0.25, -0.2) is 0 Å². The van der Waals surface area contributed by atoms with Gasteiger partial charge in [-0.1, -0.05) is 176 Å². The number of fused-ring (bicyclic) bond motifs is 6. The topological polar surface area (TPSA) is 4.93 Å². The smallest absolute Gasteiger partial charge is 0.0547 e. The molecule has 0 spiro atoms. The number of hydrogen-bond acceptors (Lipinski definition) is 1. The summed E-state index contributed by atoms with van der Waals surface area (Å²) in [4.78, 5) is 0. The summed E-state index contributed by atoms with van der Waals surface area (Å²) in [6.07, 6.45) is 0. The van der Waals surface area contributed by atoms with E-state index in [2.05, 4.69) is 241 Å². The van der Waals surface area contributed by atoms with E-state index in [4.69, 9.17) is 0 Å². The monoisotopic (exact) mass is 805 g/mol. The van der Waals surface area contributed by atoms with Crippen molar-refractivity contribution in [3.8, 4) is 72.4 Å². The molecule has 0 unspecified atom stereocenters. The molecule has 0 fully saturated rings. The number of rotatable bonds is 7. The van der Waals surface area contributed by atoms with Crippen LogP contribution in [0.25, 0.3) is 114 Å². The second-order valence-electron chi connectivity index (χ2n) is 16.1. The van der Waals surface area contributed by atoms with Crippen LogP contribution in [0.3, 0.4) is 0 Å². The van der Waals surface area contributed by atoms with Crippen LogP contribution in [0.2, 0.25) is 0 Å². The maximum absolute atomic E-state index is 2.46. The highest BCUT2D eigenvalue weighted by Gasteiger charge is 2.18. The average Bonchev–Trinajstić information content (AvgIpc) is 3.90. The highest BCUT2D eigenvalue weighted by molar-refractivity contribution is 7.26. The van der Waals surface area contributed by atoms with Crippen molar-refractivity contribution in [3.63, 3.8) is 0 Å². The van der Waals surface area contributed by atoms with E-state index in [9.17, 15) is 0 Å². The molecule has 0 aliphatic rings. The molecule has 0 radical (unpaired) electrons. The summed E-state index contributed by atoms with van der Waals surface area (Å²) in [5.74, 6) is 0. The number of nitrogens with zero attached hydrogens (tertiary/aromatic N) is 1. The summed E-state index contributed by atoms with van der Waals surface area (Å²) in [6.45, 7) is 0. The lowest BCUT2D eigenvalue weighted by atomic mass is 9.91. The molecule has 12 aromatic rings. The highest BCUT2D eigenvalue weighted by atomic mass is 32.1. The van der Waals surface area contributed by atoms with Crippen LogP contribution in [0.1, 0.15) is 0 Å². The van der Waals surface area contributed by atoms with E-state index in [1.165, 1.54) is 109 Å². The minimum Gasteiger partial charge on any atom is -0.309 e. The van der Waals surface area contributed by atoms with Crippen LogP contribution in [-0.2, 0) is 0 Å². The maximum Gasteiger partial charge on any atom is 0.0547 e. The van der Waals surface area contributed by atoms with Crippen LogP contribution in [0.15, 0.2) is 237 Å². The molecule has 1 nitrogen and oxygen atoms in total. The summed E-state index contributed by atoms with van der Waals surface area (Å²) < 4.78 is 5.09. The maximum atomic E-state index is 2.46. The molecule has 0 N–H and O–H groups in total. The molecule has 0 saturated carbocycles. The van der Waals surface area contributed by atoms with Crippen molar-refractivity contribution in [1.82, 2.24) is 4.57 Å². The normalized spacial score (nSPS) is 11.5. The number of benzene rings is 10. The highest BCUT2D eigenvalue weighted by Crippen LogP contribution is 2.44. The summed E-state index contributed by atoms with van der Waals surface area (Å²) in [7, 11) is 0. The lowest BCUT2D eigenvalue weighted by Crippen LogP contribution is -1.95. The quantitative estimate of drug-likeness (QED) is 0.151. The first-order chi connectivity index (χ1) is 30.7. The Labute approximate surface area is 365 Å². The number of hydrogen-bond donors (Lipinski definition) is 0. The molecule has 290 valence electrons. The Bertz CT molecular complexity index is 3610. The molecule has 0 bridgehead atoms. The molecule has 0 atom stereocenters. The molecule has 0 amide bonds. The lowest BCUT2D eigenvalue weighted by molar-refractivity contribution is 1.18. The Morgan fingerprint density at radius 2 is 0.758 bits per heavy atom. The van der Waals surface area contributed by atoms with Crippen molar-refractivity contribution in [2.75, 3.05) is 0 Å². The Balaban J connectivity index is 1.09. The molecule has 0 saturated heterocycles. The summed E-state index contributed by atoms with van der Waals surface area (Å²) in [5.41, 5.74) is 18.0. The molecule has 10 aromatic carbocycles. The molecular weight excluding hydrogens is 767 g/mol. The van der Waals surface area contributed by atoms with E-state index >= 15 is 0 Å². The third-order valence-corrected chi connectivity index (χ3v) is 13.6. The zero-order valence-corrected chi connectivity index (χ0v) is 34.7. The van der Waals surface area contributed by atoms with Gasteiger partial charge in [0.2, 0.25) is 0 Å².